The van der Waals surface area contributed by atoms with E-state index in [0.717, 1.165) is 42.5 Å². The molecule has 2 heterocycles. The van der Waals surface area contributed by atoms with Crippen LogP contribution in [-0.2, 0) is 0 Å². The SMILES string of the molecule is COc1ccc(Nc2nc(C(=O)N3CCCCCC3)cs2)cc1. The van der Waals surface area contributed by atoms with Crippen LogP contribution in [0, 0.1) is 0 Å². The monoisotopic (exact) mass is 331 g/mol. The summed E-state index contributed by atoms with van der Waals surface area (Å²) in [7, 11) is 1.64. The van der Waals surface area contributed by atoms with Gasteiger partial charge in [-0.1, -0.05) is 12.8 Å². The Bertz CT molecular complexity index is 646. The summed E-state index contributed by atoms with van der Waals surface area (Å²) >= 11 is 1.45. The van der Waals surface area contributed by atoms with Crippen molar-refractivity contribution in [3.05, 3.63) is 35.3 Å². The van der Waals surface area contributed by atoms with E-state index in [-0.39, 0.29) is 5.91 Å². The number of ether oxygens (including phenoxy) is 1. The standard InChI is InChI=1S/C17H21N3O2S/c1-22-14-8-6-13(7-9-14)18-17-19-15(12-23-17)16(21)20-10-4-2-3-5-11-20/h6-9,12H,2-5,10-11H2,1H3,(H,18,19). The molecule has 0 aliphatic carbocycles. The Kier molecular flexibility index (Phi) is 5.12. The second-order valence-corrected chi connectivity index (χ2v) is 6.46. The number of benzene rings is 1. The van der Waals surface area contributed by atoms with E-state index in [9.17, 15) is 4.79 Å². The molecule has 1 saturated heterocycles. The zero-order valence-corrected chi connectivity index (χ0v) is 14.1. The third kappa shape index (κ3) is 4.01. The molecule has 1 aliphatic heterocycles. The summed E-state index contributed by atoms with van der Waals surface area (Å²) in [5.41, 5.74) is 1.46. The van der Waals surface area contributed by atoms with E-state index in [2.05, 4.69) is 10.3 Å². The minimum absolute atomic E-state index is 0.0472. The van der Waals surface area contributed by atoms with E-state index in [1.54, 1.807) is 7.11 Å². The lowest BCUT2D eigenvalue weighted by Crippen LogP contribution is -2.32. The van der Waals surface area contributed by atoms with Crippen LogP contribution < -0.4 is 10.1 Å². The fraction of sp³-hybridized carbons (Fsp3) is 0.412. The molecule has 0 spiro atoms. The van der Waals surface area contributed by atoms with Crippen LogP contribution in [0.5, 0.6) is 5.75 Å². The third-order valence-electron chi connectivity index (χ3n) is 3.96. The van der Waals surface area contributed by atoms with Gasteiger partial charge in [-0.25, -0.2) is 4.98 Å². The van der Waals surface area contributed by atoms with Gasteiger partial charge in [-0.2, -0.15) is 0 Å². The normalized spacial score (nSPS) is 15.1. The first-order chi connectivity index (χ1) is 11.3. The topological polar surface area (TPSA) is 54.5 Å². The number of amides is 1. The molecule has 2 aromatic rings. The van der Waals surface area contributed by atoms with Crippen molar-refractivity contribution in [2.45, 2.75) is 25.7 Å². The fourth-order valence-corrected chi connectivity index (χ4v) is 3.37. The lowest BCUT2D eigenvalue weighted by atomic mass is 10.2. The third-order valence-corrected chi connectivity index (χ3v) is 4.72. The van der Waals surface area contributed by atoms with Crippen LogP contribution in [0.15, 0.2) is 29.6 Å². The molecule has 1 aromatic carbocycles. The number of nitrogens with zero attached hydrogens (tertiary/aromatic N) is 2. The Morgan fingerprint density at radius 2 is 1.87 bits per heavy atom. The largest absolute Gasteiger partial charge is 0.497 e. The molecule has 0 radical (unpaired) electrons. The summed E-state index contributed by atoms with van der Waals surface area (Å²) in [6.45, 7) is 1.69. The molecule has 5 nitrogen and oxygen atoms in total. The van der Waals surface area contributed by atoms with Crippen LogP contribution in [0.1, 0.15) is 36.2 Å². The Balaban J connectivity index is 1.65. The highest BCUT2D eigenvalue weighted by atomic mass is 32.1. The summed E-state index contributed by atoms with van der Waals surface area (Å²) in [6, 6.07) is 7.63. The van der Waals surface area contributed by atoms with E-state index in [1.165, 1.54) is 24.2 Å². The van der Waals surface area contributed by atoms with Gasteiger partial charge in [-0.05, 0) is 37.1 Å². The Labute approximate surface area is 140 Å². The molecular formula is C17H21N3O2S. The number of likely N-dealkylation sites (tertiary alicyclic amines) is 1. The number of carbonyl (C=O) groups is 1. The molecule has 3 rings (SSSR count). The first-order valence-electron chi connectivity index (χ1n) is 7.92. The Hall–Kier alpha value is -2.08. The lowest BCUT2D eigenvalue weighted by Gasteiger charge is -2.18. The van der Waals surface area contributed by atoms with Crippen molar-refractivity contribution in [3.8, 4) is 5.75 Å². The average Bonchev–Trinajstić information content (AvgIpc) is 2.87. The fourth-order valence-electron chi connectivity index (χ4n) is 2.66. The van der Waals surface area contributed by atoms with Crippen LogP contribution in [0.2, 0.25) is 0 Å². The highest BCUT2D eigenvalue weighted by Gasteiger charge is 2.19. The Morgan fingerprint density at radius 3 is 2.52 bits per heavy atom. The van der Waals surface area contributed by atoms with Crippen LogP contribution in [0.4, 0.5) is 10.8 Å². The zero-order valence-electron chi connectivity index (χ0n) is 13.2. The number of hydrogen-bond donors (Lipinski definition) is 1. The molecule has 1 aromatic heterocycles. The number of aromatic nitrogens is 1. The second kappa shape index (κ2) is 7.46. The van der Waals surface area contributed by atoms with Crippen molar-refractivity contribution in [3.63, 3.8) is 0 Å². The van der Waals surface area contributed by atoms with Gasteiger partial charge in [-0.3, -0.25) is 4.79 Å². The molecule has 1 fully saturated rings. The minimum atomic E-state index is 0.0472. The van der Waals surface area contributed by atoms with Crippen LogP contribution in [0.25, 0.3) is 0 Å². The van der Waals surface area contributed by atoms with Crippen molar-refractivity contribution in [2.24, 2.45) is 0 Å². The zero-order chi connectivity index (χ0) is 16.1. The van der Waals surface area contributed by atoms with Gasteiger partial charge < -0.3 is 15.0 Å². The minimum Gasteiger partial charge on any atom is -0.497 e. The van der Waals surface area contributed by atoms with Crippen LogP contribution in [-0.4, -0.2) is 36.0 Å². The molecular weight excluding hydrogens is 310 g/mol. The predicted octanol–water partition coefficient (Wildman–Crippen LogP) is 3.91. The van der Waals surface area contributed by atoms with Crippen molar-refractivity contribution >= 4 is 28.1 Å². The molecule has 122 valence electrons. The summed E-state index contributed by atoms with van der Waals surface area (Å²) in [6.07, 6.45) is 4.61. The van der Waals surface area contributed by atoms with Crippen LogP contribution >= 0.6 is 11.3 Å². The molecule has 0 bridgehead atoms. The first-order valence-corrected chi connectivity index (χ1v) is 8.80. The van der Waals surface area contributed by atoms with Crippen molar-refractivity contribution in [1.29, 1.82) is 0 Å². The van der Waals surface area contributed by atoms with Gasteiger partial charge in [0.15, 0.2) is 5.13 Å². The molecule has 0 saturated carbocycles. The van der Waals surface area contributed by atoms with Gasteiger partial charge in [0.2, 0.25) is 0 Å². The highest BCUT2D eigenvalue weighted by Crippen LogP contribution is 2.24. The lowest BCUT2D eigenvalue weighted by molar-refractivity contribution is 0.0756. The van der Waals surface area contributed by atoms with Gasteiger partial charge in [0.05, 0.1) is 7.11 Å². The number of anilines is 2. The van der Waals surface area contributed by atoms with Gasteiger partial charge in [0.25, 0.3) is 5.91 Å². The maximum atomic E-state index is 12.5. The quantitative estimate of drug-likeness (QED) is 0.923. The van der Waals surface area contributed by atoms with Gasteiger partial charge in [-0.15, -0.1) is 11.3 Å². The molecule has 1 amide bonds. The number of thiazole rings is 1. The Morgan fingerprint density at radius 1 is 1.17 bits per heavy atom. The van der Waals surface area contributed by atoms with Gasteiger partial charge >= 0.3 is 0 Å². The van der Waals surface area contributed by atoms with Crippen molar-refractivity contribution in [2.75, 3.05) is 25.5 Å². The summed E-state index contributed by atoms with van der Waals surface area (Å²) in [5, 5.41) is 5.79. The molecule has 6 heteroatoms. The van der Waals surface area contributed by atoms with Gasteiger partial charge in [0.1, 0.15) is 11.4 Å². The average molecular weight is 331 g/mol. The number of hydrogen-bond acceptors (Lipinski definition) is 5. The van der Waals surface area contributed by atoms with E-state index < -0.39 is 0 Å². The van der Waals surface area contributed by atoms with E-state index in [4.69, 9.17) is 4.74 Å². The summed E-state index contributed by atoms with van der Waals surface area (Å²) < 4.78 is 5.14. The smallest absolute Gasteiger partial charge is 0.273 e. The second-order valence-electron chi connectivity index (χ2n) is 5.60. The van der Waals surface area contributed by atoms with Crippen molar-refractivity contribution < 1.29 is 9.53 Å². The number of rotatable bonds is 4. The number of nitrogens with one attached hydrogen (secondary N) is 1. The van der Waals surface area contributed by atoms with Gasteiger partial charge in [0, 0.05) is 24.2 Å². The number of carbonyl (C=O) groups excluding carboxylic acids is 1. The summed E-state index contributed by atoms with van der Waals surface area (Å²) in [4.78, 5) is 18.9. The molecule has 1 N–H and O–H groups in total. The molecule has 23 heavy (non-hydrogen) atoms. The highest BCUT2D eigenvalue weighted by molar-refractivity contribution is 7.14. The van der Waals surface area contributed by atoms with Crippen LogP contribution in [0.3, 0.4) is 0 Å². The maximum Gasteiger partial charge on any atom is 0.273 e. The first kappa shape index (κ1) is 15.8. The van der Waals surface area contributed by atoms with E-state index in [0.29, 0.717) is 5.69 Å². The number of methoxy groups -OCH3 is 1. The van der Waals surface area contributed by atoms with E-state index >= 15 is 0 Å². The van der Waals surface area contributed by atoms with E-state index in [1.807, 2.05) is 34.5 Å². The molecule has 1 aliphatic rings. The summed E-state index contributed by atoms with van der Waals surface area (Å²) in [5.74, 6) is 0.859. The predicted molar refractivity (Wildman–Crippen MR) is 92.8 cm³/mol. The molecule has 0 atom stereocenters. The van der Waals surface area contributed by atoms with Crippen molar-refractivity contribution in [1.82, 2.24) is 9.88 Å². The molecule has 0 unspecified atom stereocenters. The maximum absolute atomic E-state index is 12.5.